The van der Waals surface area contributed by atoms with Crippen molar-refractivity contribution in [3.05, 3.63) is 52.2 Å². The molecule has 4 heteroatoms. The first-order chi connectivity index (χ1) is 9.62. The van der Waals surface area contributed by atoms with Crippen molar-refractivity contribution < 1.29 is 4.74 Å². The summed E-state index contributed by atoms with van der Waals surface area (Å²) < 4.78 is 5.90. The van der Waals surface area contributed by atoms with Gasteiger partial charge >= 0.3 is 0 Å². The van der Waals surface area contributed by atoms with Crippen LogP contribution in [-0.2, 0) is 13.0 Å². The van der Waals surface area contributed by atoms with Gasteiger partial charge in [-0.1, -0.05) is 24.6 Å². The Morgan fingerprint density at radius 1 is 1.25 bits per heavy atom. The highest BCUT2D eigenvalue weighted by Crippen LogP contribution is 2.27. The van der Waals surface area contributed by atoms with Crippen LogP contribution in [0.4, 0.5) is 0 Å². The smallest absolute Gasteiger partial charge is 0.219 e. The van der Waals surface area contributed by atoms with Crippen LogP contribution in [-0.4, -0.2) is 12.0 Å². The third-order valence-corrected chi connectivity index (χ3v) is 3.26. The van der Waals surface area contributed by atoms with Gasteiger partial charge in [0.05, 0.1) is 0 Å². The molecule has 0 aliphatic carbocycles. The monoisotopic (exact) mass is 290 g/mol. The summed E-state index contributed by atoms with van der Waals surface area (Å²) >= 11 is 6.01. The molecule has 0 saturated carbocycles. The van der Waals surface area contributed by atoms with Gasteiger partial charge in [0.2, 0.25) is 5.88 Å². The molecule has 1 heterocycles. The van der Waals surface area contributed by atoms with E-state index in [1.54, 1.807) is 0 Å². The van der Waals surface area contributed by atoms with E-state index in [0.717, 1.165) is 35.5 Å². The van der Waals surface area contributed by atoms with Crippen LogP contribution in [0.2, 0.25) is 5.02 Å². The average Bonchev–Trinajstić information content (AvgIpc) is 2.43. The molecule has 2 aromatic rings. The van der Waals surface area contributed by atoms with Crippen LogP contribution >= 0.6 is 11.6 Å². The van der Waals surface area contributed by atoms with Crippen LogP contribution in [0.15, 0.2) is 30.3 Å². The van der Waals surface area contributed by atoms with Gasteiger partial charge in [0.25, 0.3) is 0 Å². The second kappa shape index (κ2) is 6.73. The van der Waals surface area contributed by atoms with Crippen LogP contribution in [0.1, 0.15) is 23.7 Å². The summed E-state index contributed by atoms with van der Waals surface area (Å²) in [7, 11) is 1.92. The number of ether oxygens (including phenoxy) is 1. The van der Waals surface area contributed by atoms with E-state index in [0.29, 0.717) is 10.9 Å². The number of aromatic nitrogens is 1. The molecule has 0 aliphatic heterocycles. The molecule has 1 aromatic carbocycles. The number of hydrogen-bond donors (Lipinski definition) is 1. The number of nitrogens with one attached hydrogen (secondary N) is 1. The lowest BCUT2D eigenvalue weighted by molar-refractivity contribution is 0.456. The molecule has 0 radical (unpaired) electrons. The number of hydrogen-bond acceptors (Lipinski definition) is 3. The molecule has 0 bridgehead atoms. The summed E-state index contributed by atoms with van der Waals surface area (Å²) in [5.74, 6) is 1.36. The van der Waals surface area contributed by atoms with Crippen LogP contribution in [0.25, 0.3) is 0 Å². The number of benzene rings is 1. The molecule has 0 aliphatic rings. The summed E-state index contributed by atoms with van der Waals surface area (Å²) in [5, 5.41) is 3.80. The van der Waals surface area contributed by atoms with Crippen molar-refractivity contribution in [1.29, 1.82) is 0 Å². The Hall–Kier alpha value is -1.58. The van der Waals surface area contributed by atoms with E-state index in [1.807, 2.05) is 38.2 Å². The normalized spacial score (nSPS) is 10.6. The second-order valence-corrected chi connectivity index (χ2v) is 5.14. The molecule has 1 N–H and O–H groups in total. The quantitative estimate of drug-likeness (QED) is 0.899. The minimum atomic E-state index is 0.611. The first-order valence-electron chi connectivity index (χ1n) is 6.70. The van der Waals surface area contributed by atoms with Gasteiger partial charge in [0, 0.05) is 23.3 Å². The van der Waals surface area contributed by atoms with Crippen molar-refractivity contribution in [3.8, 4) is 11.6 Å². The molecular formula is C16H19ClN2O. The highest BCUT2D eigenvalue weighted by molar-refractivity contribution is 6.30. The lowest BCUT2D eigenvalue weighted by atomic mass is 10.2. The molecule has 0 unspecified atom stereocenters. The lowest BCUT2D eigenvalue weighted by Gasteiger charge is -2.11. The predicted molar refractivity (Wildman–Crippen MR) is 82.6 cm³/mol. The van der Waals surface area contributed by atoms with Crippen molar-refractivity contribution in [1.82, 2.24) is 10.3 Å². The number of pyridine rings is 1. The van der Waals surface area contributed by atoms with E-state index in [-0.39, 0.29) is 0 Å². The minimum absolute atomic E-state index is 0.611. The Kier molecular flexibility index (Phi) is 4.99. The summed E-state index contributed by atoms with van der Waals surface area (Å²) in [5.41, 5.74) is 3.22. The number of halogens is 1. The van der Waals surface area contributed by atoms with Gasteiger partial charge in [-0.05, 0) is 49.7 Å². The van der Waals surface area contributed by atoms with Crippen molar-refractivity contribution in [2.75, 3.05) is 7.05 Å². The molecule has 0 amide bonds. The maximum Gasteiger partial charge on any atom is 0.219 e. The number of aryl methyl sites for hydroxylation is 2. The number of nitrogens with zero attached hydrogens (tertiary/aromatic N) is 1. The molecular weight excluding hydrogens is 272 g/mol. The average molecular weight is 291 g/mol. The maximum atomic E-state index is 6.01. The van der Waals surface area contributed by atoms with Crippen molar-refractivity contribution >= 4 is 11.6 Å². The van der Waals surface area contributed by atoms with Crippen molar-refractivity contribution in [2.24, 2.45) is 0 Å². The molecule has 3 nitrogen and oxygen atoms in total. The van der Waals surface area contributed by atoms with Gasteiger partial charge in [-0.2, -0.15) is 0 Å². The van der Waals surface area contributed by atoms with Crippen LogP contribution < -0.4 is 10.1 Å². The van der Waals surface area contributed by atoms with Gasteiger partial charge in [0.1, 0.15) is 5.75 Å². The summed E-state index contributed by atoms with van der Waals surface area (Å²) in [4.78, 5) is 4.51. The first-order valence-corrected chi connectivity index (χ1v) is 7.08. The maximum absolute atomic E-state index is 6.01. The highest BCUT2D eigenvalue weighted by atomic mass is 35.5. The van der Waals surface area contributed by atoms with E-state index in [1.165, 1.54) is 0 Å². The van der Waals surface area contributed by atoms with Gasteiger partial charge in [-0.25, -0.2) is 4.98 Å². The topological polar surface area (TPSA) is 34.1 Å². The van der Waals surface area contributed by atoms with E-state index in [4.69, 9.17) is 16.3 Å². The third-order valence-electron chi connectivity index (χ3n) is 3.02. The molecule has 106 valence electrons. The van der Waals surface area contributed by atoms with Gasteiger partial charge in [-0.3, -0.25) is 0 Å². The van der Waals surface area contributed by atoms with Crippen LogP contribution in [0.3, 0.4) is 0 Å². The second-order valence-electron chi connectivity index (χ2n) is 4.70. The lowest BCUT2D eigenvalue weighted by Crippen LogP contribution is -2.06. The zero-order valence-electron chi connectivity index (χ0n) is 12.0. The fraction of sp³-hybridized carbons (Fsp3) is 0.312. The minimum Gasteiger partial charge on any atom is -0.439 e. The Morgan fingerprint density at radius 3 is 2.75 bits per heavy atom. The molecule has 2 rings (SSSR count). The Balaban J connectivity index is 2.32. The fourth-order valence-electron chi connectivity index (χ4n) is 1.96. The zero-order valence-corrected chi connectivity index (χ0v) is 12.8. The van der Waals surface area contributed by atoms with E-state index in [9.17, 15) is 0 Å². The molecule has 0 spiro atoms. The highest BCUT2D eigenvalue weighted by Gasteiger charge is 2.07. The van der Waals surface area contributed by atoms with Gasteiger partial charge < -0.3 is 10.1 Å². The van der Waals surface area contributed by atoms with Gasteiger partial charge in [0.15, 0.2) is 0 Å². The number of rotatable bonds is 5. The summed E-state index contributed by atoms with van der Waals surface area (Å²) in [6, 6.07) is 9.65. The largest absolute Gasteiger partial charge is 0.439 e. The molecule has 0 saturated heterocycles. The molecule has 20 heavy (non-hydrogen) atoms. The zero-order chi connectivity index (χ0) is 14.5. The molecule has 0 fully saturated rings. The Morgan fingerprint density at radius 2 is 2.05 bits per heavy atom. The van der Waals surface area contributed by atoms with Crippen LogP contribution in [0, 0.1) is 6.92 Å². The SMILES string of the molecule is CCc1cc(CNC)cc(Oc2cc(Cl)ccc2C)n1. The molecule has 0 atom stereocenters. The molecule has 1 aromatic heterocycles. The summed E-state index contributed by atoms with van der Waals surface area (Å²) in [6.07, 6.45) is 0.877. The van der Waals surface area contributed by atoms with E-state index < -0.39 is 0 Å². The fourth-order valence-corrected chi connectivity index (χ4v) is 2.12. The van der Waals surface area contributed by atoms with Crippen molar-refractivity contribution in [3.63, 3.8) is 0 Å². The third kappa shape index (κ3) is 3.71. The summed E-state index contributed by atoms with van der Waals surface area (Å²) in [6.45, 7) is 4.87. The Labute approximate surface area is 124 Å². The standard InChI is InChI=1S/C16H19ClN2O/c1-4-14-7-12(10-18-3)8-16(19-14)20-15-9-13(17)6-5-11(15)2/h5-9,18H,4,10H2,1-3H3. The van der Waals surface area contributed by atoms with E-state index >= 15 is 0 Å². The van der Waals surface area contributed by atoms with Crippen molar-refractivity contribution in [2.45, 2.75) is 26.8 Å². The van der Waals surface area contributed by atoms with Gasteiger partial charge in [-0.15, -0.1) is 0 Å². The van der Waals surface area contributed by atoms with Crippen LogP contribution in [0.5, 0.6) is 11.6 Å². The van der Waals surface area contributed by atoms with E-state index in [2.05, 4.69) is 23.3 Å². The first kappa shape index (κ1) is 14.8. The Bertz CT molecular complexity index is 599. The predicted octanol–water partition coefficient (Wildman–Crippen LogP) is 4.12.